The first-order valence-electron chi connectivity index (χ1n) is 10.2. The molecule has 1 fully saturated rings. The van der Waals surface area contributed by atoms with Gasteiger partial charge >= 0.3 is 5.97 Å². The largest absolute Gasteiger partial charge is 0.463 e. The molecule has 1 heterocycles. The third-order valence-electron chi connectivity index (χ3n) is 4.04. The van der Waals surface area contributed by atoms with Gasteiger partial charge in [-0.1, -0.05) is 68.4 Å². The molecule has 0 radical (unpaired) electrons. The summed E-state index contributed by atoms with van der Waals surface area (Å²) < 4.78 is 10.1. The Kier molecular flexibility index (Phi) is 14.5. The molecule has 3 heteroatoms. The molecule has 3 nitrogen and oxygen atoms in total. The minimum atomic E-state index is -0.114. The summed E-state index contributed by atoms with van der Waals surface area (Å²) in [6, 6.07) is 0. The maximum atomic E-state index is 11.4. The minimum Gasteiger partial charge on any atom is -0.463 e. The second-order valence-corrected chi connectivity index (χ2v) is 6.62. The van der Waals surface area contributed by atoms with Crippen molar-refractivity contribution in [3.8, 4) is 0 Å². The van der Waals surface area contributed by atoms with E-state index in [9.17, 15) is 4.79 Å². The predicted octanol–water partition coefficient (Wildman–Crippen LogP) is 6.07. The van der Waals surface area contributed by atoms with Crippen LogP contribution in [0.15, 0.2) is 48.6 Å². The Bertz CT molecular complexity index is 456. The van der Waals surface area contributed by atoms with E-state index in [1.807, 2.05) is 0 Å². The van der Waals surface area contributed by atoms with E-state index in [1.165, 1.54) is 25.7 Å². The SMILES string of the molecule is CCCCC/C=C/C/C=C/C/C=C/C/C=C/CCCC(=O)OC[C@@H]1CO1. The second kappa shape index (κ2) is 16.8. The highest BCUT2D eigenvalue weighted by Crippen LogP contribution is 2.09. The molecular formula is C23H36O3. The zero-order valence-corrected chi connectivity index (χ0v) is 16.4. The monoisotopic (exact) mass is 360 g/mol. The fourth-order valence-corrected chi connectivity index (χ4v) is 2.35. The first-order valence-corrected chi connectivity index (χ1v) is 10.2. The standard InChI is InChI=1S/C23H36O3/c1-2-3-4-5-6-7-8-9-10-11-12-13-14-15-16-17-18-19-23(24)26-21-22-20-25-22/h6-7,9-10,12-13,15-16,22H,2-5,8,11,14,17-21H2,1H3/b7-6+,10-9+,13-12+,16-15+/t22-/m0/s1. The van der Waals surface area contributed by atoms with E-state index in [-0.39, 0.29) is 12.1 Å². The highest BCUT2D eigenvalue weighted by atomic mass is 16.6. The Labute approximate surface area is 159 Å². The number of esters is 1. The van der Waals surface area contributed by atoms with Crippen LogP contribution in [0.25, 0.3) is 0 Å². The lowest BCUT2D eigenvalue weighted by molar-refractivity contribution is -0.144. The van der Waals surface area contributed by atoms with Crippen LogP contribution >= 0.6 is 0 Å². The molecule has 0 aliphatic carbocycles. The van der Waals surface area contributed by atoms with E-state index < -0.39 is 0 Å². The van der Waals surface area contributed by atoms with Crippen LogP contribution in [0.3, 0.4) is 0 Å². The van der Waals surface area contributed by atoms with Gasteiger partial charge in [0.15, 0.2) is 0 Å². The molecule has 0 spiro atoms. The maximum Gasteiger partial charge on any atom is 0.305 e. The predicted molar refractivity (Wildman–Crippen MR) is 109 cm³/mol. The maximum absolute atomic E-state index is 11.4. The highest BCUT2D eigenvalue weighted by molar-refractivity contribution is 5.69. The molecule has 0 unspecified atom stereocenters. The van der Waals surface area contributed by atoms with Crippen molar-refractivity contribution in [1.82, 2.24) is 0 Å². The number of epoxide rings is 1. The van der Waals surface area contributed by atoms with Crippen molar-refractivity contribution in [2.75, 3.05) is 13.2 Å². The van der Waals surface area contributed by atoms with Crippen LogP contribution in [0, 0.1) is 0 Å². The molecule has 0 bridgehead atoms. The zero-order chi connectivity index (χ0) is 18.7. The topological polar surface area (TPSA) is 38.8 Å². The fraction of sp³-hybridized carbons (Fsp3) is 0.609. The van der Waals surface area contributed by atoms with Gasteiger partial charge in [0.25, 0.3) is 0 Å². The van der Waals surface area contributed by atoms with Crippen LogP contribution < -0.4 is 0 Å². The first-order chi connectivity index (χ1) is 12.8. The van der Waals surface area contributed by atoms with E-state index in [2.05, 4.69) is 55.5 Å². The van der Waals surface area contributed by atoms with Crippen LogP contribution in [0.2, 0.25) is 0 Å². The minimum absolute atomic E-state index is 0.114. The molecule has 1 atom stereocenters. The van der Waals surface area contributed by atoms with Gasteiger partial charge in [0.05, 0.1) is 6.61 Å². The van der Waals surface area contributed by atoms with Crippen LogP contribution in [-0.2, 0) is 14.3 Å². The third kappa shape index (κ3) is 15.9. The summed E-state index contributed by atoms with van der Waals surface area (Å²) in [4.78, 5) is 11.4. The van der Waals surface area contributed by atoms with Gasteiger partial charge in [0, 0.05) is 6.42 Å². The lowest BCUT2D eigenvalue weighted by Crippen LogP contribution is -2.09. The molecule has 0 aromatic heterocycles. The van der Waals surface area contributed by atoms with Gasteiger partial charge in [-0.05, 0) is 44.9 Å². The number of hydrogen-bond donors (Lipinski definition) is 0. The smallest absolute Gasteiger partial charge is 0.305 e. The molecule has 1 aliphatic heterocycles. The number of carbonyl (C=O) groups is 1. The Hall–Kier alpha value is -1.61. The van der Waals surface area contributed by atoms with E-state index in [4.69, 9.17) is 9.47 Å². The summed E-state index contributed by atoms with van der Waals surface area (Å²) in [5, 5.41) is 0. The Balaban J connectivity index is 1.86. The molecule has 1 saturated heterocycles. The van der Waals surface area contributed by atoms with Crippen LogP contribution in [0.4, 0.5) is 0 Å². The van der Waals surface area contributed by atoms with Crippen LogP contribution in [0.1, 0.15) is 71.1 Å². The van der Waals surface area contributed by atoms with E-state index in [1.54, 1.807) is 0 Å². The van der Waals surface area contributed by atoms with Crippen molar-refractivity contribution in [3.05, 3.63) is 48.6 Å². The number of rotatable bonds is 16. The number of hydrogen-bond acceptors (Lipinski definition) is 3. The lowest BCUT2D eigenvalue weighted by atomic mass is 10.2. The van der Waals surface area contributed by atoms with E-state index in [0.29, 0.717) is 13.0 Å². The van der Waals surface area contributed by atoms with Crippen molar-refractivity contribution >= 4 is 5.97 Å². The normalized spacial score (nSPS) is 17.2. The van der Waals surface area contributed by atoms with Crippen molar-refractivity contribution in [2.24, 2.45) is 0 Å². The number of unbranched alkanes of at least 4 members (excludes halogenated alkanes) is 4. The van der Waals surface area contributed by atoms with E-state index >= 15 is 0 Å². The van der Waals surface area contributed by atoms with Crippen LogP contribution in [-0.4, -0.2) is 25.3 Å². The van der Waals surface area contributed by atoms with E-state index in [0.717, 1.165) is 38.7 Å². The molecule has 1 rings (SSSR count). The summed E-state index contributed by atoms with van der Waals surface area (Å²) in [6.07, 6.45) is 28.2. The average molecular weight is 361 g/mol. The summed E-state index contributed by atoms with van der Waals surface area (Å²) in [5.41, 5.74) is 0. The lowest BCUT2D eigenvalue weighted by Gasteiger charge is -2.00. The van der Waals surface area contributed by atoms with Gasteiger partial charge in [-0.15, -0.1) is 0 Å². The molecule has 0 saturated carbocycles. The van der Waals surface area contributed by atoms with Crippen molar-refractivity contribution < 1.29 is 14.3 Å². The zero-order valence-electron chi connectivity index (χ0n) is 16.4. The van der Waals surface area contributed by atoms with Crippen LogP contribution in [0.5, 0.6) is 0 Å². The number of allylic oxidation sites excluding steroid dienone is 8. The molecule has 1 aliphatic rings. The summed E-state index contributed by atoms with van der Waals surface area (Å²) in [5.74, 6) is -0.114. The number of ether oxygens (including phenoxy) is 2. The summed E-state index contributed by atoms with van der Waals surface area (Å²) in [6.45, 7) is 3.39. The van der Waals surface area contributed by atoms with Gasteiger partial charge in [-0.25, -0.2) is 0 Å². The number of carbonyl (C=O) groups excluding carboxylic acids is 1. The molecule has 0 aromatic carbocycles. The van der Waals surface area contributed by atoms with Gasteiger partial charge in [0.1, 0.15) is 12.7 Å². The quantitative estimate of drug-likeness (QED) is 0.145. The molecule has 26 heavy (non-hydrogen) atoms. The molecule has 146 valence electrons. The fourth-order valence-electron chi connectivity index (χ4n) is 2.35. The average Bonchev–Trinajstić information content (AvgIpc) is 3.47. The van der Waals surface area contributed by atoms with Gasteiger partial charge < -0.3 is 9.47 Å². The third-order valence-corrected chi connectivity index (χ3v) is 4.04. The van der Waals surface area contributed by atoms with Crippen molar-refractivity contribution in [2.45, 2.75) is 77.2 Å². The van der Waals surface area contributed by atoms with Gasteiger partial charge in [-0.2, -0.15) is 0 Å². The van der Waals surface area contributed by atoms with Gasteiger partial charge in [-0.3, -0.25) is 4.79 Å². The second-order valence-electron chi connectivity index (χ2n) is 6.62. The molecule has 0 aromatic rings. The Morgan fingerprint density at radius 3 is 1.96 bits per heavy atom. The summed E-state index contributed by atoms with van der Waals surface area (Å²) in [7, 11) is 0. The molecule has 0 amide bonds. The van der Waals surface area contributed by atoms with Crippen molar-refractivity contribution in [1.29, 1.82) is 0 Å². The molecule has 0 N–H and O–H groups in total. The van der Waals surface area contributed by atoms with Gasteiger partial charge in [0.2, 0.25) is 0 Å². The molecular weight excluding hydrogens is 324 g/mol. The Morgan fingerprint density at radius 2 is 1.42 bits per heavy atom. The highest BCUT2D eigenvalue weighted by Gasteiger charge is 2.23. The van der Waals surface area contributed by atoms with Crippen molar-refractivity contribution in [3.63, 3.8) is 0 Å². The Morgan fingerprint density at radius 1 is 0.885 bits per heavy atom. The first kappa shape index (κ1) is 22.4. The summed E-state index contributed by atoms with van der Waals surface area (Å²) >= 11 is 0.